The fourth-order valence-electron chi connectivity index (χ4n) is 2.96. The molecule has 0 radical (unpaired) electrons. The number of hydrogen-bond acceptors (Lipinski definition) is 4. The number of benzene rings is 1. The zero-order chi connectivity index (χ0) is 15.5. The van der Waals surface area contributed by atoms with Crippen LogP contribution in [0.15, 0.2) is 18.2 Å². The molecular formula is C16H23NO4. The minimum atomic E-state index is -0.845. The van der Waals surface area contributed by atoms with E-state index < -0.39 is 11.5 Å². The van der Waals surface area contributed by atoms with Gasteiger partial charge in [0.2, 0.25) is 0 Å². The van der Waals surface area contributed by atoms with Crippen LogP contribution in [0.4, 0.5) is 0 Å². The molecule has 2 unspecified atom stereocenters. The molecule has 1 saturated carbocycles. The van der Waals surface area contributed by atoms with Gasteiger partial charge in [0.05, 0.1) is 18.3 Å². The number of phenols is 1. The van der Waals surface area contributed by atoms with Crippen LogP contribution in [0, 0.1) is 5.92 Å². The molecule has 21 heavy (non-hydrogen) atoms. The number of ether oxygens (including phenoxy) is 1. The highest BCUT2D eigenvalue weighted by Crippen LogP contribution is 2.32. The van der Waals surface area contributed by atoms with Crippen molar-refractivity contribution >= 4 is 5.91 Å². The Balaban J connectivity index is 2.01. The Hall–Kier alpha value is -1.75. The maximum absolute atomic E-state index is 12.2. The molecule has 1 aromatic rings. The van der Waals surface area contributed by atoms with Gasteiger partial charge in [0, 0.05) is 6.54 Å². The molecule has 1 aliphatic carbocycles. The topological polar surface area (TPSA) is 78.8 Å². The van der Waals surface area contributed by atoms with Crippen molar-refractivity contribution in [3.8, 4) is 11.5 Å². The van der Waals surface area contributed by atoms with E-state index in [2.05, 4.69) is 12.2 Å². The molecule has 1 fully saturated rings. The lowest BCUT2D eigenvalue weighted by atomic mass is 9.79. The molecule has 0 spiro atoms. The van der Waals surface area contributed by atoms with Crippen molar-refractivity contribution in [1.82, 2.24) is 5.32 Å². The van der Waals surface area contributed by atoms with Gasteiger partial charge in [-0.2, -0.15) is 0 Å². The number of nitrogens with one attached hydrogen (secondary N) is 1. The fourth-order valence-corrected chi connectivity index (χ4v) is 2.96. The van der Waals surface area contributed by atoms with Crippen molar-refractivity contribution < 1.29 is 19.7 Å². The van der Waals surface area contributed by atoms with E-state index in [1.807, 2.05) is 0 Å². The van der Waals surface area contributed by atoms with Gasteiger partial charge in [-0.1, -0.05) is 19.8 Å². The van der Waals surface area contributed by atoms with E-state index >= 15 is 0 Å². The first kappa shape index (κ1) is 15.6. The standard InChI is InChI=1S/C16H23NO4/c1-11-4-3-7-16(20,9-11)10-17-15(19)13-8-12(21-2)5-6-14(13)18/h5-6,8,11,18,20H,3-4,7,9-10H2,1-2H3,(H,17,19). The van der Waals surface area contributed by atoms with E-state index in [4.69, 9.17) is 4.74 Å². The summed E-state index contributed by atoms with van der Waals surface area (Å²) in [5.74, 6) is 0.462. The summed E-state index contributed by atoms with van der Waals surface area (Å²) in [7, 11) is 1.50. The Labute approximate surface area is 124 Å². The largest absolute Gasteiger partial charge is 0.507 e. The molecule has 0 bridgehead atoms. The Morgan fingerprint density at radius 1 is 1.52 bits per heavy atom. The molecule has 2 atom stereocenters. The first-order valence-corrected chi connectivity index (χ1v) is 7.31. The molecule has 0 aliphatic heterocycles. The quantitative estimate of drug-likeness (QED) is 0.794. The predicted octanol–water partition coefficient (Wildman–Crippen LogP) is 2.07. The summed E-state index contributed by atoms with van der Waals surface area (Å²) in [6, 6.07) is 4.49. The predicted molar refractivity (Wildman–Crippen MR) is 79.6 cm³/mol. The van der Waals surface area contributed by atoms with Crippen molar-refractivity contribution in [2.45, 2.75) is 38.2 Å². The monoisotopic (exact) mass is 293 g/mol. The lowest BCUT2D eigenvalue weighted by Crippen LogP contribution is -2.45. The van der Waals surface area contributed by atoms with E-state index in [0.29, 0.717) is 24.5 Å². The van der Waals surface area contributed by atoms with Crippen molar-refractivity contribution in [2.75, 3.05) is 13.7 Å². The molecule has 5 nitrogen and oxygen atoms in total. The highest BCUT2D eigenvalue weighted by molar-refractivity contribution is 5.97. The van der Waals surface area contributed by atoms with Gasteiger partial charge in [-0.15, -0.1) is 0 Å². The number of aliphatic hydroxyl groups is 1. The summed E-state index contributed by atoms with van der Waals surface area (Å²) in [6.07, 6.45) is 3.48. The average Bonchev–Trinajstić information content (AvgIpc) is 2.45. The molecule has 0 heterocycles. The molecule has 0 saturated heterocycles. The lowest BCUT2D eigenvalue weighted by Gasteiger charge is -2.35. The van der Waals surface area contributed by atoms with Crippen LogP contribution >= 0.6 is 0 Å². The molecule has 2 rings (SSSR count). The van der Waals surface area contributed by atoms with Crippen LogP contribution in [0.2, 0.25) is 0 Å². The van der Waals surface area contributed by atoms with Gasteiger partial charge in [-0.3, -0.25) is 4.79 Å². The Morgan fingerprint density at radius 2 is 2.29 bits per heavy atom. The number of rotatable bonds is 4. The first-order chi connectivity index (χ1) is 9.93. The van der Waals surface area contributed by atoms with Crippen LogP contribution in [0.1, 0.15) is 43.0 Å². The van der Waals surface area contributed by atoms with Crippen molar-refractivity contribution in [3.63, 3.8) is 0 Å². The second-order valence-corrected chi connectivity index (χ2v) is 5.99. The SMILES string of the molecule is COc1ccc(O)c(C(=O)NCC2(O)CCCC(C)C2)c1. The normalized spacial score (nSPS) is 25.4. The third-order valence-electron chi connectivity index (χ3n) is 4.09. The number of carbonyl (C=O) groups excluding carboxylic acids is 1. The third-order valence-corrected chi connectivity index (χ3v) is 4.09. The van der Waals surface area contributed by atoms with Crippen LogP contribution in [0.25, 0.3) is 0 Å². The van der Waals surface area contributed by atoms with E-state index in [-0.39, 0.29) is 17.9 Å². The Bertz CT molecular complexity index is 517. The number of methoxy groups -OCH3 is 1. The van der Waals surface area contributed by atoms with E-state index in [1.54, 1.807) is 6.07 Å². The zero-order valence-electron chi connectivity index (χ0n) is 12.6. The van der Waals surface area contributed by atoms with Crippen LogP contribution in [-0.4, -0.2) is 35.4 Å². The number of aromatic hydroxyl groups is 1. The zero-order valence-corrected chi connectivity index (χ0v) is 12.6. The third kappa shape index (κ3) is 3.88. The lowest BCUT2D eigenvalue weighted by molar-refractivity contribution is -0.0109. The van der Waals surface area contributed by atoms with Gasteiger partial charge >= 0.3 is 0 Å². The Kier molecular flexibility index (Phi) is 4.73. The van der Waals surface area contributed by atoms with Gasteiger partial charge in [0.15, 0.2) is 0 Å². The molecular weight excluding hydrogens is 270 g/mol. The van der Waals surface area contributed by atoms with Crippen LogP contribution in [0.3, 0.4) is 0 Å². The second-order valence-electron chi connectivity index (χ2n) is 5.99. The van der Waals surface area contributed by atoms with Crippen molar-refractivity contribution in [3.05, 3.63) is 23.8 Å². The molecule has 3 N–H and O–H groups in total. The summed E-state index contributed by atoms with van der Waals surface area (Å²) in [6.45, 7) is 2.31. The van der Waals surface area contributed by atoms with Crippen molar-refractivity contribution in [1.29, 1.82) is 0 Å². The maximum atomic E-state index is 12.2. The minimum Gasteiger partial charge on any atom is -0.507 e. The Morgan fingerprint density at radius 3 is 2.95 bits per heavy atom. The summed E-state index contributed by atoms with van der Waals surface area (Å²) in [5, 5.41) is 23.0. The smallest absolute Gasteiger partial charge is 0.255 e. The first-order valence-electron chi connectivity index (χ1n) is 7.31. The van der Waals surface area contributed by atoms with Crippen LogP contribution in [-0.2, 0) is 0 Å². The van der Waals surface area contributed by atoms with E-state index in [9.17, 15) is 15.0 Å². The van der Waals surface area contributed by atoms with E-state index in [1.165, 1.54) is 19.2 Å². The number of phenolic OH excluding ortho intramolecular Hbond substituents is 1. The molecule has 1 aliphatic rings. The minimum absolute atomic E-state index is 0.0997. The summed E-state index contributed by atoms with van der Waals surface area (Å²) in [5.41, 5.74) is -0.691. The highest BCUT2D eigenvalue weighted by Gasteiger charge is 2.33. The van der Waals surface area contributed by atoms with Crippen LogP contribution < -0.4 is 10.1 Å². The summed E-state index contributed by atoms with van der Waals surface area (Å²) < 4.78 is 5.05. The molecule has 1 aromatic carbocycles. The van der Waals surface area contributed by atoms with Crippen molar-refractivity contribution in [2.24, 2.45) is 5.92 Å². The summed E-state index contributed by atoms with van der Waals surface area (Å²) in [4.78, 5) is 12.2. The van der Waals surface area contributed by atoms with Gasteiger partial charge in [-0.05, 0) is 37.0 Å². The van der Waals surface area contributed by atoms with Gasteiger partial charge in [-0.25, -0.2) is 0 Å². The number of amides is 1. The fraction of sp³-hybridized carbons (Fsp3) is 0.562. The van der Waals surface area contributed by atoms with Gasteiger partial charge in [0.25, 0.3) is 5.91 Å². The highest BCUT2D eigenvalue weighted by atomic mass is 16.5. The average molecular weight is 293 g/mol. The summed E-state index contributed by atoms with van der Waals surface area (Å²) >= 11 is 0. The number of hydrogen-bond donors (Lipinski definition) is 3. The molecule has 0 aromatic heterocycles. The molecule has 5 heteroatoms. The molecule has 116 valence electrons. The van der Waals surface area contributed by atoms with Gasteiger partial charge < -0.3 is 20.3 Å². The van der Waals surface area contributed by atoms with Crippen LogP contribution in [0.5, 0.6) is 11.5 Å². The number of carbonyl (C=O) groups is 1. The second kappa shape index (κ2) is 6.35. The van der Waals surface area contributed by atoms with Gasteiger partial charge in [0.1, 0.15) is 11.5 Å². The van der Waals surface area contributed by atoms with E-state index in [0.717, 1.165) is 12.8 Å². The molecule has 1 amide bonds. The maximum Gasteiger partial charge on any atom is 0.255 e.